The average molecular weight is 252 g/mol. The summed E-state index contributed by atoms with van der Waals surface area (Å²) in [6, 6.07) is 3.32. The zero-order chi connectivity index (χ0) is 13.7. The van der Waals surface area contributed by atoms with E-state index in [9.17, 15) is 4.79 Å². The summed E-state index contributed by atoms with van der Waals surface area (Å²) < 4.78 is 5.13. The number of aryl methyl sites for hydroxylation is 1. The smallest absolute Gasteiger partial charge is 0.335 e. The summed E-state index contributed by atoms with van der Waals surface area (Å²) in [5, 5.41) is 9.06. The summed E-state index contributed by atoms with van der Waals surface area (Å²) in [6.07, 6.45) is 0. The molecular formula is C13H20N2O3. The molecule has 0 amide bonds. The maximum Gasteiger partial charge on any atom is 0.335 e. The van der Waals surface area contributed by atoms with Gasteiger partial charge in [0.25, 0.3) is 0 Å². The Morgan fingerprint density at radius 3 is 2.72 bits per heavy atom. The van der Waals surface area contributed by atoms with E-state index in [2.05, 4.69) is 4.98 Å². The van der Waals surface area contributed by atoms with E-state index in [1.54, 1.807) is 26.2 Å². The van der Waals surface area contributed by atoms with Gasteiger partial charge in [-0.3, -0.25) is 0 Å². The van der Waals surface area contributed by atoms with Crippen LogP contribution in [0.3, 0.4) is 0 Å². The van der Waals surface area contributed by atoms with Gasteiger partial charge in [-0.25, -0.2) is 9.78 Å². The highest BCUT2D eigenvalue weighted by atomic mass is 16.5. The molecule has 5 nitrogen and oxygen atoms in total. The lowest BCUT2D eigenvalue weighted by molar-refractivity contribution is 0.0696. The number of likely N-dealkylation sites (N-methyl/N-ethyl adjacent to an activating group) is 1. The molecule has 1 aromatic rings. The lowest BCUT2D eigenvalue weighted by Crippen LogP contribution is -2.37. The molecule has 0 saturated heterocycles. The maximum atomic E-state index is 11.0. The molecule has 0 saturated carbocycles. The lowest BCUT2D eigenvalue weighted by Gasteiger charge is -2.29. The fourth-order valence-corrected chi connectivity index (χ4v) is 1.95. The van der Waals surface area contributed by atoms with Crippen molar-refractivity contribution in [1.82, 2.24) is 4.98 Å². The Morgan fingerprint density at radius 2 is 2.22 bits per heavy atom. The molecule has 1 atom stereocenters. The van der Waals surface area contributed by atoms with Crippen LogP contribution in [0.4, 0.5) is 5.82 Å². The molecule has 0 aliphatic heterocycles. The number of pyridine rings is 1. The van der Waals surface area contributed by atoms with Gasteiger partial charge in [0.05, 0.1) is 18.2 Å². The minimum Gasteiger partial charge on any atom is -0.478 e. The fourth-order valence-electron chi connectivity index (χ4n) is 1.95. The normalized spacial score (nSPS) is 12.2. The molecule has 0 fully saturated rings. The van der Waals surface area contributed by atoms with E-state index in [0.29, 0.717) is 18.1 Å². The molecule has 18 heavy (non-hydrogen) atoms. The van der Waals surface area contributed by atoms with Crippen molar-refractivity contribution < 1.29 is 14.6 Å². The number of hydrogen-bond donors (Lipinski definition) is 1. The van der Waals surface area contributed by atoms with Crippen LogP contribution < -0.4 is 4.90 Å². The standard InChI is InChI=1S/C13H20N2O3/c1-5-15(10(3)8-18-4)12-7-11(13(16)17)6-9(2)14-12/h6-7,10H,5,8H2,1-4H3,(H,16,17). The molecule has 0 aliphatic carbocycles. The summed E-state index contributed by atoms with van der Waals surface area (Å²) in [4.78, 5) is 17.5. The van der Waals surface area contributed by atoms with Gasteiger partial charge in [0.1, 0.15) is 5.82 Å². The number of carboxylic acids is 1. The van der Waals surface area contributed by atoms with E-state index in [1.807, 2.05) is 18.7 Å². The second-order valence-corrected chi connectivity index (χ2v) is 4.25. The molecule has 0 radical (unpaired) electrons. The number of methoxy groups -OCH3 is 1. The van der Waals surface area contributed by atoms with E-state index in [-0.39, 0.29) is 11.6 Å². The van der Waals surface area contributed by atoms with Gasteiger partial charge in [-0.1, -0.05) is 0 Å². The number of ether oxygens (including phenoxy) is 1. The van der Waals surface area contributed by atoms with Gasteiger partial charge in [-0.2, -0.15) is 0 Å². The third kappa shape index (κ3) is 3.43. The molecule has 100 valence electrons. The van der Waals surface area contributed by atoms with Crippen molar-refractivity contribution in [3.8, 4) is 0 Å². The second-order valence-electron chi connectivity index (χ2n) is 4.25. The summed E-state index contributed by atoms with van der Waals surface area (Å²) >= 11 is 0. The van der Waals surface area contributed by atoms with E-state index in [4.69, 9.17) is 9.84 Å². The van der Waals surface area contributed by atoms with Crippen molar-refractivity contribution in [3.63, 3.8) is 0 Å². The highest BCUT2D eigenvalue weighted by Crippen LogP contribution is 2.17. The van der Waals surface area contributed by atoms with Crippen LogP contribution >= 0.6 is 0 Å². The minimum atomic E-state index is -0.933. The molecule has 0 bridgehead atoms. The summed E-state index contributed by atoms with van der Waals surface area (Å²) in [5.41, 5.74) is 0.966. The zero-order valence-corrected chi connectivity index (χ0v) is 11.3. The van der Waals surface area contributed by atoms with Crippen molar-refractivity contribution in [2.45, 2.75) is 26.8 Å². The van der Waals surface area contributed by atoms with Gasteiger partial charge < -0.3 is 14.7 Å². The fraction of sp³-hybridized carbons (Fsp3) is 0.538. The van der Waals surface area contributed by atoms with Crippen molar-refractivity contribution >= 4 is 11.8 Å². The number of hydrogen-bond acceptors (Lipinski definition) is 4. The van der Waals surface area contributed by atoms with Crippen molar-refractivity contribution in [3.05, 3.63) is 23.4 Å². The van der Waals surface area contributed by atoms with Crippen molar-refractivity contribution in [2.24, 2.45) is 0 Å². The number of carbonyl (C=O) groups is 1. The first-order valence-corrected chi connectivity index (χ1v) is 5.97. The quantitative estimate of drug-likeness (QED) is 0.838. The number of carboxylic acid groups (broad SMARTS) is 1. The molecule has 0 aromatic carbocycles. The monoisotopic (exact) mass is 252 g/mol. The van der Waals surface area contributed by atoms with Gasteiger partial charge in [-0.15, -0.1) is 0 Å². The number of rotatable bonds is 6. The molecule has 0 aliphatic rings. The first-order valence-electron chi connectivity index (χ1n) is 5.97. The lowest BCUT2D eigenvalue weighted by atomic mass is 10.2. The zero-order valence-electron chi connectivity index (χ0n) is 11.3. The van der Waals surface area contributed by atoms with E-state index in [1.165, 1.54) is 0 Å². The van der Waals surface area contributed by atoms with Crippen LogP contribution in [-0.4, -0.2) is 42.4 Å². The highest BCUT2D eigenvalue weighted by Gasteiger charge is 2.16. The summed E-state index contributed by atoms with van der Waals surface area (Å²) in [5.74, 6) is -0.253. The summed E-state index contributed by atoms with van der Waals surface area (Å²) in [6.45, 7) is 7.16. The number of nitrogens with zero attached hydrogens (tertiary/aromatic N) is 2. The van der Waals surface area contributed by atoms with E-state index in [0.717, 1.165) is 6.54 Å². The number of aromatic nitrogens is 1. The molecule has 0 spiro atoms. The second kappa shape index (κ2) is 6.35. The largest absolute Gasteiger partial charge is 0.478 e. The molecule has 1 unspecified atom stereocenters. The minimum absolute atomic E-state index is 0.149. The Bertz CT molecular complexity index is 421. The molecular weight excluding hydrogens is 232 g/mol. The van der Waals surface area contributed by atoms with Crippen molar-refractivity contribution in [2.75, 3.05) is 25.2 Å². The van der Waals surface area contributed by atoms with Gasteiger partial charge in [0.2, 0.25) is 0 Å². The first-order chi connectivity index (χ1) is 8.49. The average Bonchev–Trinajstić information content (AvgIpc) is 2.29. The molecule has 1 aromatic heterocycles. The Hall–Kier alpha value is -1.62. The summed E-state index contributed by atoms with van der Waals surface area (Å²) in [7, 11) is 1.65. The van der Waals surface area contributed by atoms with Crippen LogP contribution in [0.15, 0.2) is 12.1 Å². The Morgan fingerprint density at radius 1 is 1.56 bits per heavy atom. The highest BCUT2D eigenvalue weighted by molar-refractivity contribution is 5.88. The van der Waals surface area contributed by atoms with Crippen LogP contribution in [0.25, 0.3) is 0 Å². The Kier molecular flexibility index (Phi) is 5.09. The van der Waals surface area contributed by atoms with Crippen LogP contribution in [0.1, 0.15) is 29.9 Å². The van der Waals surface area contributed by atoms with E-state index < -0.39 is 5.97 Å². The van der Waals surface area contributed by atoms with Crippen LogP contribution in [0.5, 0.6) is 0 Å². The Balaban J connectivity index is 3.09. The predicted octanol–water partition coefficient (Wildman–Crippen LogP) is 1.95. The maximum absolute atomic E-state index is 11.0. The number of aromatic carboxylic acids is 1. The van der Waals surface area contributed by atoms with Gasteiger partial charge in [0.15, 0.2) is 0 Å². The van der Waals surface area contributed by atoms with Gasteiger partial charge in [0, 0.05) is 19.3 Å². The third-order valence-corrected chi connectivity index (χ3v) is 2.76. The van der Waals surface area contributed by atoms with Gasteiger partial charge in [-0.05, 0) is 32.9 Å². The third-order valence-electron chi connectivity index (χ3n) is 2.76. The van der Waals surface area contributed by atoms with Gasteiger partial charge >= 0.3 is 5.97 Å². The van der Waals surface area contributed by atoms with E-state index >= 15 is 0 Å². The molecule has 1 heterocycles. The Labute approximate surface area is 107 Å². The first kappa shape index (κ1) is 14.4. The van der Waals surface area contributed by atoms with Crippen LogP contribution in [0.2, 0.25) is 0 Å². The topological polar surface area (TPSA) is 62.7 Å². The molecule has 1 rings (SSSR count). The van der Waals surface area contributed by atoms with Crippen molar-refractivity contribution in [1.29, 1.82) is 0 Å². The SMILES string of the molecule is CCN(c1cc(C(=O)O)cc(C)n1)C(C)COC. The molecule has 5 heteroatoms. The predicted molar refractivity (Wildman–Crippen MR) is 70.3 cm³/mol. The van der Waals surface area contributed by atoms with Crippen LogP contribution in [-0.2, 0) is 4.74 Å². The van der Waals surface area contributed by atoms with Crippen LogP contribution in [0, 0.1) is 6.92 Å². The molecule has 1 N–H and O–H groups in total. The number of anilines is 1.